The number of rotatable bonds is 32. The van der Waals surface area contributed by atoms with Gasteiger partial charge in [-0.1, -0.05) is 93.9 Å². The molecule has 1 fully saturated rings. The second kappa shape index (κ2) is 27.8. The fourth-order valence-electron chi connectivity index (χ4n) is 7.94. The molecule has 3 aromatic carbocycles. The summed E-state index contributed by atoms with van der Waals surface area (Å²) in [7, 11) is -2.57. The number of piperidine rings is 1. The van der Waals surface area contributed by atoms with Gasteiger partial charge in [0.2, 0.25) is 17.7 Å². The van der Waals surface area contributed by atoms with Crippen molar-refractivity contribution in [1.82, 2.24) is 10.2 Å². The summed E-state index contributed by atoms with van der Waals surface area (Å²) in [5.74, 6) is -2.71. The number of carbonyl (C=O) groups is 5. The van der Waals surface area contributed by atoms with Crippen molar-refractivity contribution in [2.75, 3.05) is 104 Å². The van der Waals surface area contributed by atoms with Crippen LogP contribution in [-0.4, -0.2) is 148 Å². The number of nitrogens with one attached hydrogen (secondary N) is 2. The summed E-state index contributed by atoms with van der Waals surface area (Å²) in [5, 5.41) is 7.35. The van der Waals surface area contributed by atoms with Gasteiger partial charge in [0, 0.05) is 19.4 Å². The van der Waals surface area contributed by atoms with E-state index in [9.17, 15) is 24.0 Å². The van der Waals surface area contributed by atoms with Gasteiger partial charge in [-0.3, -0.25) is 34.2 Å². The fraction of sp³-hybridized carbons (Fsp3) is 0.531. The van der Waals surface area contributed by atoms with E-state index in [1.165, 1.54) is 16.4 Å². The van der Waals surface area contributed by atoms with Gasteiger partial charge >= 0.3 is 0 Å². The zero-order valence-electron chi connectivity index (χ0n) is 38.7. The number of ether oxygens (including phenoxy) is 7. The molecule has 1 saturated heterocycles. The van der Waals surface area contributed by atoms with Gasteiger partial charge < -0.3 is 42.9 Å². The Labute approximate surface area is 389 Å². The largest absolute Gasteiger partial charge is 0.405 e. The summed E-state index contributed by atoms with van der Waals surface area (Å²) in [4.78, 5) is 63.7. The first-order valence-electron chi connectivity index (χ1n) is 23.0. The predicted octanol–water partition coefficient (Wildman–Crippen LogP) is 4.28. The van der Waals surface area contributed by atoms with E-state index in [0.717, 1.165) is 17.7 Å². The Balaban J connectivity index is 0.771. The number of fused-ring (bicyclic) bond motifs is 1. The van der Waals surface area contributed by atoms with Crippen LogP contribution in [-0.2, 0) is 52.0 Å². The molecule has 3 aromatic rings. The highest BCUT2D eigenvalue weighted by Gasteiger charge is 2.50. The molecule has 2 aliphatic rings. The fourth-order valence-corrected chi connectivity index (χ4v) is 12.5. The summed E-state index contributed by atoms with van der Waals surface area (Å²) in [5.41, 5.74) is 0.384. The monoisotopic (exact) mass is 933 g/mol. The maximum absolute atomic E-state index is 13.2. The van der Waals surface area contributed by atoms with Gasteiger partial charge in [0.1, 0.15) is 6.04 Å². The molecule has 0 bridgehead atoms. The quantitative estimate of drug-likeness (QED) is 0.0514. The standard InChI is InChI=1S/C49H67N3O13Si/c1-49(2,3)66(38-14-7-4-8-15-38,39-16-9-5-10-17-39)65-37-36-64-35-34-63-33-32-62-31-30-61-29-28-60-27-26-59-25-24-58-23-12-6-11-20-43(53)50-41-19-13-18-40-45(41)48(57)52(47(40)56)42-21-22-44(54)51-46(42)55/h4-5,7-10,13-19,42H,6,11-12,20-37H2,1-3H3,(H,50,53)(H,51,54,55). The zero-order valence-corrected chi connectivity index (χ0v) is 39.7. The molecule has 5 amide bonds. The Morgan fingerprint density at radius 1 is 0.606 bits per heavy atom. The van der Waals surface area contributed by atoms with E-state index < -0.39 is 38.0 Å². The maximum Gasteiger partial charge on any atom is 0.264 e. The third-order valence-corrected chi connectivity index (χ3v) is 16.2. The molecule has 0 aliphatic carbocycles. The van der Waals surface area contributed by atoms with Crippen LogP contribution in [0, 0.1) is 0 Å². The molecule has 1 unspecified atom stereocenters. The Morgan fingerprint density at radius 3 is 1.58 bits per heavy atom. The number of carbonyl (C=O) groups excluding carboxylic acids is 5. The summed E-state index contributed by atoms with van der Waals surface area (Å²) < 4.78 is 46.2. The molecule has 1 atom stereocenters. The number of benzene rings is 3. The number of amides is 5. The van der Waals surface area contributed by atoms with Crippen LogP contribution in [0.3, 0.4) is 0 Å². The highest BCUT2D eigenvalue weighted by Crippen LogP contribution is 2.37. The molecule has 2 heterocycles. The molecule has 17 heteroatoms. The molecule has 0 aromatic heterocycles. The van der Waals surface area contributed by atoms with Gasteiger partial charge in [-0.05, 0) is 46.8 Å². The Bertz CT molecular complexity index is 1940. The van der Waals surface area contributed by atoms with Crippen LogP contribution < -0.4 is 21.0 Å². The molecule has 66 heavy (non-hydrogen) atoms. The normalized spacial score (nSPS) is 15.3. The molecular weight excluding hydrogens is 867 g/mol. The van der Waals surface area contributed by atoms with Crippen LogP contribution >= 0.6 is 0 Å². The Morgan fingerprint density at radius 2 is 1.09 bits per heavy atom. The van der Waals surface area contributed by atoms with E-state index in [4.69, 9.17) is 37.6 Å². The van der Waals surface area contributed by atoms with Crippen molar-refractivity contribution in [3.63, 3.8) is 0 Å². The van der Waals surface area contributed by atoms with E-state index >= 15 is 0 Å². The van der Waals surface area contributed by atoms with Crippen molar-refractivity contribution in [3.05, 3.63) is 90.0 Å². The second-order valence-corrected chi connectivity index (χ2v) is 21.1. The number of imide groups is 2. The highest BCUT2D eigenvalue weighted by atomic mass is 28.4. The van der Waals surface area contributed by atoms with Crippen molar-refractivity contribution >= 4 is 53.9 Å². The lowest BCUT2D eigenvalue weighted by Crippen LogP contribution is -2.66. The first kappa shape index (κ1) is 52.3. The number of anilines is 1. The minimum Gasteiger partial charge on any atom is -0.405 e. The minimum atomic E-state index is -2.57. The smallest absolute Gasteiger partial charge is 0.264 e. The lowest BCUT2D eigenvalue weighted by atomic mass is 10.0. The molecule has 5 rings (SSSR count). The third-order valence-electron chi connectivity index (χ3n) is 11.1. The van der Waals surface area contributed by atoms with Gasteiger partial charge in [-0.25, -0.2) is 0 Å². The van der Waals surface area contributed by atoms with Crippen molar-refractivity contribution in [1.29, 1.82) is 0 Å². The Kier molecular flexibility index (Phi) is 22.0. The van der Waals surface area contributed by atoms with Gasteiger partial charge in [0.05, 0.1) is 109 Å². The molecule has 2 aliphatic heterocycles. The van der Waals surface area contributed by atoms with Crippen molar-refractivity contribution in [2.24, 2.45) is 0 Å². The summed E-state index contributed by atoms with van der Waals surface area (Å²) in [6, 6.07) is 24.7. The lowest BCUT2D eigenvalue weighted by Gasteiger charge is -2.43. The van der Waals surface area contributed by atoms with Gasteiger partial charge in [-0.15, -0.1) is 0 Å². The molecule has 360 valence electrons. The number of unbranched alkanes of at least 4 members (excludes halogenated alkanes) is 2. The average molecular weight is 934 g/mol. The summed E-state index contributed by atoms with van der Waals surface area (Å²) >= 11 is 0. The molecule has 0 spiro atoms. The van der Waals surface area contributed by atoms with Crippen LogP contribution in [0.2, 0.25) is 5.04 Å². The van der Waals surface area contributed by atoms with Gasteiger partial charge in [0.25, 0.3) is 20.1 Å². The minimum absolute atomic E-state index is 0.0279. The van der Waals surface area contributed by atoms with Gasteiger partial charge in [-0.2, -0.15) is 0 Å². The molecular formula is C49H67N3O13Si. The van der Waals surface area contributed by atoms with Crippen LogP contribution in [0.15, 0.2) is 78.9 Å². The van der Waals surface area contributed by atoms with E-state index in [1.807, 2.05) is 12.1 Å². The van der Waals surface area contributed by atoms with Crippen molar-refractivity contribution in [2.45, 2.75) is 70.4 Å². The van der Waals surface area contributed by atoms with Crippen LogP contribution in [0.4, 0.5) is 5.69 Å². The average Bonchev–Trinajstić information content (AvgIpc) is 3.56. The van der Waals surface area contributed by atoms with Crippen LogP contribution in [0.1, 0.15) is 80.0 Å². The maximum atomic E-state index is 13.2. The zero-order chi connectivity index (χ0) is 47.0. The van der Waals surface area contributed by atoms with Crippen molar-refractivity contribution < 1.29 is 61.6 Å². The van der Waals surface area contributed by atoms with E-state index in [0.29, 0.717) is 106 Å². The Hall–Kier alpha value is -4.69. The molecule has 2 N–H and O–H groups in total. The summed E-state index contributed by atoms with van der Waals surface area (Å²) in [6.45, 7) is 13.9. The second-order valence-electron chi connectivity index (χ2n) is 16.8. The number of nitrogens with zero attached hydrogens (tertiary/aromatic N) is 1. The van der Waals surface area contributed by atoms with E-state index in [1.54, 1.807) is 12.1 Å². The van der Waals surface area contributed by atoms with Crippen LogP contribution in [0.5, 0.6) is 0 Å². The molecule has 0 saturated carbocycles. The number of hydrogen-bond acceptors (Lipinski definition) is 13. The predicted molar refractivity (Wildman–Crippen MR) is 250 cm³/mol. The first-order valence-corrected chi connectivity index (χ1v) is 24.9. The molecule has 0 radical (unpaired) electrons. The van der Waals surface area contributed by atoms with E-state index in [2.05, 4.69) is 79.9 Å². The third kappa shape index (κ3) is 15.4. The molecule has 16 nitrogen and oxygen atoms in total. The van der Waals surface area contributed by atoms with Crippen LogP contribution in [0.25, 0.3) is 0 Å². The van der Waals surface area contributed by atoms with Crippen molar-refractivity contribution in [3.8, 4) is 0 Å². The van der Waals surface area contributed by atoms with E-state index in [-0.39, 0.29) is 47.0 Å². The lowest BCUT2D eigenvalue weighted by molar-refractivity contribution is -0.136. The topological polar surface area (TPSA) is 186 Å². The summed E-state index contributed by atoms with van der Waals surface area (Å²) in [6.07, 6.45) is 2.45. The van der Waals surface area contributed by atoms with Gasteiger partial charge in [0.15, 0.2) is 0 Å². The SMILES string of the molecule is CC(C)(C)[Si](OCCOCCOCCOCCOCCOCCOCCOCCCCCC(=O)Nc1cccc2c1C(=O)N(C1CCC(=O)NC1=O)C2=O)(c1ccccc1)c1ccccc1. The highest BCUT2D eigenvalue weighted by molar-refractivity contribution is 6.99. The number of hydrogen-bond donors (Lipinski definition) is 2. The first-order chi connectivity index (χ1) is 32.0.